The third-order valence-electron chi connectivity index (χ3n) is 12.7. The monoisotopic (exact) mass is 831 g/mol. The number of primary amides is 1. The number of fused-ring (bicyclic) bond motifs is 3. The molecule has 4 heterocycles. The zero-order valence-corrected chi connectivity index (χ0v) is 34.2. The molecule has 1 aromatic heterocycles. The van der Waals surface area contributed by atoms with E-state index in [0.717, 1.165) is 36.1 Å². The molecule has 4 N–H and O–H groups in total. The molecule has 3 aliphatic heterocycles. The highest BCUT2D eigenvalue weighted by atomic mass is 32.2. The number of amides is 4. The van der Waals surface area contributed by atoms with Gasteiger partial charge in [-0.25, -0.2) is 18.2 Å². The highest BCUT2D eigenvalue weighted by molar-refractivity contribution is 7.94. The van der Waals surface area contributed by atoms with Gasteiger partial charge in [0.1, 0.15) is 34.6 Å². The van der Waals surface area contributed by atoms with Gasteiger partial charge >= 0.3 is 6.09 Å². The van der Waals surface area contributed by atoms with Gasteiger partial charge in [-0.3, -0.25) is 14.4 Å². The second-order valence-electron chi connectivity index (χ2n) is 16.6. The van der Waals surface area contributed by atoms with Crippen molar-refractivity contribution in [1.82, 2.24) is 20.5 Å². The summed E-state index contributed by atoms with van der Waals surface area (Å²) in [4.78, 5) is 61.9. The predicted molar refractivity (Wildman–Crippen MR) is 217 cm³/mol. The Bertz CT molecular complexity index is 2200. The molecule has 15 nitrogen and oxygen atoms in total. The minimum absolute atomic E-state index is 0.208. The van der Waals surface area contributed by atoms with Crippen molar-refractivity contribution in [2.75, 3.05) is 26.9 Å². The summed E-state index contributed by atoms with van der Waals surface area (Å²) in [6, 6.07) is 15.4. The number of nitrogens with zero attached hydrogens (tertiary/aromatic N) is 2. The van der Waals surface area contributed by atoms with Gasteiger partial charge in [0, 0.05) is 42.3 Å². The lowest BCUT2D eigenvalue weighted by atomic mass is 9.91. The van der Waals surface area contributed by atoms with Gasteiger partial charge in [-0.1, -0.05) is 62.4 Å². The zero-order chi connectivity index (χ0) is 41.4. The molecule has 0 bridgehead atoms. The Morgan fingerprint density at radius 2 is 1.64 bits per heavy atom. The summed E-state index contributed by atoms with van der Waals surface area (Å²) >= 11 is 0. The number of rotatable bonds is 9. The topological polar surface area (TPSA) is 206 Å². The van der Waals surface area contributed by atoms with E-state index in [1.54, 1.807) is 31.4 Å². The lowest BCUT2D eigenvalue weighted by Crippen LogP contribution is -2.68. The van der Waals surface area contributed by atoms with Gasteiger partial charge in [-0.2, -0.15) is 0 Å². The average molecular weight is 832 g/mol. The summed E-state index contributed by atoms with van der Waals surface area (Å²) in [6.07, 6.45) is 4.28. The van der Waals surface area contributed by atoms with Crippen molar-refractivity contribution in [2.24, 2.45) is 11.7 Å². The first-order chi connectivity index (χ1) is 28.4. The number of methoxy groups -OCH3 is 1. The van der Waals surface area contributed by atoms with Crippen LogP contribution in [0, 0.1) is 5.92 Å². The van der Waals surface area contributed by atoms with E-state index < -0.39 is 67.6 Å². The molecule has 2 aliphatic carbocycles. The van der Waals surface area contributed by atoms with Crippen molar-refractivity contribution in [3.8, 4) is 22.8 Å². The van der Waals surface area contributed by atoms with Crippen molar-refractivity contribution in [3.63, 3.8) is 0 Å². The second-order valence-corrected chi connectivity index (χ2v) is 19.1. The highest BCUT2D eigenvalue weighted by Gasteiger charge is 2.70. The SMILES string of the molecule is COc1ccc2c(O[C@H]3CN4C(=O)[C@@H](NC(=O)OC5CCOCC5)CCCCCCC[C@@H]5C[C@]5(S(=O)(=O)C5CC5)NC(=O)[C@@]4(C(N)=O)C3)cc(-c3ccccc3)nc2c1. The molecule has 0 unspecified atom stereocenters. The summed E-state index contributed by atoms with van der Waals surface area (Å²) in [6.45, 7) is 0.615. The minimum atomic E-state index is -3.84. The minimum Gasteiger partial charge on any atom is -0.497 e. The lowest BCUT2D eigenvalue weighted by Gasteiger charge is -2.37. The average Bonchev–Trinajstić information content (AvgIpc) is 4.17. The highest BCUT2D eigenvalue weighted by Crippen LogP contribution is 2.56. The van der Waals surface area contributed by atoms with Crippen molar-refractivity contribution in [3.05, 3.63) is 54.6 Å². The number of ether oxygens (including phenoxy) is 4. The van der Waals surface area contributed by atoms with Crippen LogP contribution in [0.15, 0.2) is 54.6 Å². The van der Waals surface area contributed by atoms with Crippen LogP contribution in [0.5, 0.6) is 11.5 Å². The molecular formula is C43H53N5O10S. The van der Waals surface area contributed by atoms with Gasteiger partial charge in [-0.05, 0) is 50.2 Å². The summed E-state index contributed by atoms with van der Waals surface area (Å²) in [5.74, 6) is -2.20. The second kappa shape index (κ2) is 16.6. The number of hydrogen-bond donors (Lipinski definition) is 3. The number of nitrogens with one attached hydrogen (secondary N) is 2. The molecule has 5 fully saturated rings. The van der Waals surface area contributed by atoms with Crippen molar-refractivity contribution < 1.29 is 46.5 Å². The van der Waals surface area contributed by atoms with Crippen molar-refractivity contribution in [1.29, 1.82) is 0 Å². The number of pyridine rings is 1. The quantitative estimate of drug-likeness (QED) is 0.255. The molecule has 316 valence electrons. The van der Waals surface area contributed by atoms with Gasteiger partial charge in [0.25, 0.3) is 11.8 Å². The Balaban J connectivity index is 1.18. The lowest BCUT2D eigenvalue weighted by molar-refractivity contribution is -0.153. The van der Waals surface area contributed by atoms with Gasteiger partial charge in [0.15, 0.2) is 9.84 Å². The van der Waals surface area contributed by atoms with E-state index in [4.69, 9.17) is 29.7 Å². The Hall–Kier alpha value is -4.96. The van der Waals surface area contributed by atoms with Crippen LogP contribution >= 0.6 is 0 Å². The third kappa shape index (κ3) is 8.05. The van der Waals surface area contributed by atoms with E-state index >= 15 is 9.59 Å². The molecule has 0 spiro atoms. The maximum absolute atomic E-state index is 15.0. The number of carbonyl (C=O) groups excluding carboxylic acids is 4. The van der Waals surface area contributed by atoms with E-state index in [2.05, 4.69) is 10.6 Å². The van der Waals surface area contributed by atoms with Crippen molar-refractivity contribution in [2.45, 2.75) is 117 Å². The van der Waals surface area contributed by atoms with Crippen LogP contribution in [0.4, 0.5) is 4.79 Å². The fourth-order valence-corrected chi connectivity index (χ4v) is 11.7. The van der Waals surface area contributed by atoms with Crippen LogP contribution in [0.25, 0.3) is 22.2 Å². The van der Waals surface area contributed by atoms with Crippen LogP contribution in [0.2, 0.25) is 0 Å². The van der Waals surface area contributed by atoms with E-state index in [9.17, 15) is 18.0 Å². The molecule has 59 heavy (non-hydrogen) atoms. The van der Waals surface area contributed by atoms with Crippen LogP contribution in [-0.4, -0.2) is 103 Å². The molecule has 8 rings (SSSR count). The molecule has 4 amide bonds. The maximum Gasteiger partial charge on any atom is 0.408 e. The molecule has 0 radical (unpaired) electrons. The first-order valence-electron chi connectivity index (χ1n) is 20.9. The fourth-order valence-electron chi connectivity index (χ4n) is 9.14. The number of carbonyl (C=O) groups is 4. The number of nitrogens with two attached hydrogens (primary N) is 1. The van der Waals surface area contributed by atoms with Gasteiger partial charge in [0.2, 0.25) is 11.4 Å². The molecule has 5 atom stereocenters. The fraction of sp³-hybridized carbons (Fsp3) is 0.558. The number of alkyl carbamates (subject to hydrolysis) is 1. The molecule has 5 aliphatic rings. The van der Waals surface area contributed by atoms with E-state index in [-0.39, 0.29) is 31.7 Å². The normalized spacial score (nSPS) is 28.3. The number of sulfone groups is 1. The summed E-state index contributed by atoms with van der Waals surface area (Å²) in [7, 11) is -2.28. The van der Waals surface area contributed by atoms with Gasteiger partial charge < -0.3 is 40.2 Å². The Kier molecular flexibility index (Phi) is 11.5. The summed E-state index contributed by atoms with van der Waals surface area (Å²) < 4.78 is 51.6. The Morgan fingerprint density at radius 1 is 0.915 bits per heavy atom. The van der Waals surface area contributed by atoms with Crippen LogP contribution in [0.3, 0.4) is 0 Å². The third-order valence-corrected chi connectivity index (χ3v) is 15.7. The van der Waals surface area contributed by atoms with Gasteiger partial charge in [0.05, 0.1) is 43.3 Å². The largest absolute Gasteiger partial charge is 0.497 e. The first-order valence-corrected chi connectivity index (χ1v) is 22.4. The molecule has 3 aromatic rings. The number of benzene rings is 2. The van der Waals surface area contributed by atoms with Gasteiger partial charge in [-0.15, -0.1) is 0 Å². The van der Waals surface area contributed by atoms with Crippen LogP contribution < -0.4 is 25.8 Å². The van der Waals surface area contributed by atoms with Crippen LogP contribution in [-0.2, 0) is 33.7 Å². The maximum atomic E-state index is 15.0. The van der Waals surface area contributed by atoms with Crippen molar-refractivity contribution >= 4 is 44.6 Å². The molecule has 2 saturated carbocycles. The molecular weight excluding hydrogens is 779 g/mol. The van der Waals surface area contributed by atoms with E-state index in [1.807, 2.05) is 30.3 Å². The standard InChI is InChI=1S/C43H53N5O10S/c1-55-30-14-17-33-36(22-30)45-35(27-10-6-5-7-11-27)23-37(33)57-31-25-42(39(44)50)40(51)47-43(59(53,54)32-15-16-32)24-28(43)12-8-3-2-4-9-13-34(38(49)48(42)26-31)46-41(52)58-29-18-20-56-21-19-29/h5-7,10-11,14,17,22-23,28-29,31-32,34H,2-4,8-9,12-13,15-16,18-21,24-26H2,1H3,(H2,44,50)(H,46,52)(H,47,51)/t28-,31-,34+,42+,43-/m1/s1. The summed E-state index contributed by atoms with van der Waals surface area (Å²) in [5, 5.41) is 5.65. The smallest absolute Gasteiger partial charge is 0.408 e. The predicted octanol–water partition coefficient (Wildman–Crippen LogP) is 4.54. The Morgan fingerprint density at radius 3 is 2.36 bits per heavy atom. The number of hydrogen-bond acceptors (Lipinski definition) is 11. The van der Waals surface area contributed by atoms with E-state index in [0.29, 0.717) is 79.8 Å². The molecule has 2 aromatic carbocycles. The molecule has 3 saturated heterocycles. The molecule has 16 heteroatoms. The van der Waals surface area contributed by atoms with Crippen LogP contribution in [0.1, 0.15) is 83.5 Å². The zero-order valence-electron chi connectivity index (χ0n) is 33.4. The first kappa shape index (κ1) is 40.8. The Labute approximate surface area is 344 Å². The summed E-state index contributed by atoms with van der Waals surface area (Å²) in [5.41, 5.74) is 5.84. The van der Waals surface area contributed by atoms with E-state index in [1.165, 1.54) is 0 Å². The number of aromatic nitrogens is 1.